The average molecular weight is 279 g/mol. The zero-order chi connectivity index (χ0) is 11.7. The van der Waals surface area contributed by atoms with E-state index in [1.54, 1.807) is 12.1 Å². The smallest absolute Gasteiger partial charge is 0.163 e. The van der Waals surface area contributed by atoms with Gasteiger partial charge in [-0.2, -0.15) is 0 Å². The molecule has 1 aromatic carbocycles. The number of hydrogen-bond donors (Lipinski definition) is 1. The first-order chi connectivity index (χ1) is 7.63. The van der Waals surface area contributed by atoms with Crippen molar-refractivity contribution >= 4 is 34.8 Å². The largest absolute Gasteiger partial charge is 0.388 e. The summed E-state index contributed by atoms with van der Waals surface area (Å²) < 4.78 is 1.51. The Kier molecular flexibility index (Phi) is 3.35. The molecule has 0 aliphatic carbocycles. The van der Waals surface area contributed by atoms with Crippen LogP contribution in [0.4, 0.5) is 0 Å². The maximum Gasteiger partial charge on any atom is 0.163 e. The third-order valence-corrected chi connectivity index (χ3v) is 2.78. The summed E-state index contributed by atoms with van der Waals surface area (Å²) in [6.07, 6.45) is 1.42. The minimum absolute atomic E-state index is 0.255. The van der Waals surface area contributed by atoms with Crippen molar-refractivity contribution in [3.05, 3.63) is 39.4 Å². The molecule has 0 spiro atoms. The molecule has 0 amide bonds. The molecular formula is C9H6Cl3N3O. The molecule has 2 aromatic rings. The first kappa shape index (κ1) is 11.7. The second-order valence-corrected chi connectivity index (χ2v) is 4.24. The monoisotopic (exact) mass is 277 g/mol. The van der Waals surface area contributed by atoms with Crippen molar-refractivity contribution in [3.63, 3.8) is 0 Å². The molecule has 1 aromatic heterocycles. The van der Waals surface area contributed by atoms with Gasteiger partial charge in [-0.05, 0) is 12.1 Å². The predicted molar refractivity (Wildman–Crippen MR) is 62.3 cm³/mol. The topological polar surface area (TPSA) is 50.9 Å². The zero-order valence-electron chi connectivity index (χ0n) is 7.86. The van der Waals surface area contributed by atoms with E-state index in [2.05, 4.69) is 10.2 Å². The lowest BCUT2D eigenvalue weighted by Crippen LogP contribution is -2.01. The molecule has 84 valence electrons. The van der Waals surface area contributed by atoms with Crippen molar-refractivity contribution in [3.8, 4) is 5.69 Å². The number of benzene rings is 1. The molecule has 0 bridgehead atoms. The van der Waals surface area contributed by atoms with Crippen LogP contribution in [-0.2, 0) is 6.61 Å². The molecule has 1 N–H and O–H groups in total. The highest BCUT2D eigenvalue weighted by Gasteiger charge is 2.13. The van der Waals surface area contributed by atoms with E-state index in [-0.39, 0.29) is 6.61 Å². The summed E-state index contributed by atoms with van der Waals surface area (Å²) in [4.78, 5) is 0. The summed E-state index contributed by atoms with van der Waals surface area (Å²) in [5.74, 6) is 0.353. The van der Waals surface area contributed by atoms with Gasteiger partial charge in [0.2, 0.25) is 0 Å². The van der Waals surface area contributed by atoms with E-state index in [0.29, 0.717) is 26.6 Å². The van der Waals surface area contributed by atoms with Crippen molar-refractivity contribution in [1.82, 2.24) is 14.8 Å². The number of nitrogens with zero attached hydrogens (tertiary/aromatic N) is 3. The summed E-state index contributed by atoms with van der Waals surface area (Å²) in [5, 5.41) is 17.7. The summed E-state index contributed by atoms with van der Waals surface area (Å²) in [6, 6.07) is 3.12. The molecular weight excluding hydrogens is 272 g/mol. The van der Waals surface area contributed by atoms with E-state index in [4.69, 9.17) is 39.9 Å². The van der Waals surface area contributed by atoms with Gasteiger partial charge in [0.25, 0.3) is 0 Å². The second kappa shape index (κ2) is 4.59. The van der Waals surface area contributed by atoms with E-state index in [1.165, 1.54) is 10.9 Å². The Morgan fingerprint density at radius 3 is 2.38 bits per heavy atom. The maximum absolute atomic E-state index is 9.07. The minimum atomic E-state index is -0.255. The van der Waals surface area contributed by atoms with Gasteiger partial charge < -0.3 is 5.11 Å². The van der Waals surface area contributed by atoms with Gasteiger partial charge in [-0.25, -0.2) is 0 Å². The van der Waals surface area contributed by atoms with Gasteiger partial charge in [0.15, 0.2) is 5.82 Å². The molecule has 0 atom stereocenters. The number of aliphatic hydroxyl groups is 1. The lowest BCUT2D eigenvalue weighted by Gasteiger charge is -2.09. The summed E-state index contributed by atoms with van der Waals surface area (Å²) >= 11 is 17.9. The van der Waals surface area contributed by atoms with Gasteiger partial charge in [-0.15, -0.1) is 10.2 Å². The molecule has 0 saturated carbocycles. The van der Waals surface area contributed by atoms with Crippen LogP contribution in [0.2, 0.25) is 15.1 Å². The van der Waals surface area contributed by atoms with Gasteiger partial charge in [-0.1, -0.05) is 34.8 Å². The summed E-state index contributed by atoms with van der Waals surface area (Å²) in [5.41, 5.74) is 0.502. The fraction of sp³-hybridized carbons (Fsp3) is 0.111. The van der Waals surface area contributed by atoms with Crippen LogP contribution in [0.1, 0.15) is 5.82 Å². The molecule has 1 heterocycles. The number of aliphatic hydroxyl groups excluding tert-OH is 1. The summed E-state index contributed by atoms with van der Waals surface area (Å²) in [6.45, 7) is -0.255. The molecule has 0 aliphatic heterocycles. The number of hydrogen-bond acceptors (Lipinski definition) is 3. The van der Waals surface area contributed by atoms with E-state index >= 15 is 0 Å². The van der Waals surface area contributed by atoms with E-state index in [1.807, 2.05) is 0 Å². The Hall–Kier alpha value is -0.810. The van der Waals surface area contributed by atoms with Crippen molar-refractivity contribution in [1.29, 1.82) is 0 Å². The lowest BCUT2D eigenvalue weighted by molar-refractivity contribution is 0.269. The number of aromatic nitrogens is 3. The maximum atomic E-state index is 9.07. The molecule has 0 unspecified atom stereocenters. The molecule has 2 rings (SSSR count). The van der Waals surface area contributed by atoms with Gasteiger partial charge in [0.05, 0.1) is 15.7 Å². The molecule has 0 radical (unpaired) electrons. The van der Waals surface area contributed by atoms with Crippen LogP contribution in [0.25, 0.3) is 5.69 Å². The van der Waals surface area contributed by atoms with Crippen LogP contribution in [-0.4, -0.2) is 19.9 Å². The molecule has 7 heteroatoms. The third-order valence-electron chi connectivity index (χ3n) is 1.98. The highest BCUT2D eigenvalue weighted by Crippen LogP contribution is 2.32. The first-order valence-electron chi connectivity index (χ1n) is 4.28. The van der Waals surface area contributed by atoms with E-state index < -0.39 is 0 Å². The molecule has 0 fully saturated rings. The Morgan fingerprint density at radius 2 is 1.81 bits per heavy atom. The highest BCUT2D eigenvalue weighted by molar-refractivity contribution is 6.40. The Bertz CT molecular complexity index is 503. The molecule has 0 aliphatic rings. The second-order valence-electron chi connectivity index (χ2n) is 2.99. The molecule has 0 saturated heterocycles. The van der Waals surface area contributed by atoms with Crippen LogP contribution in [0.5, 0.6) is 0 Å². The predicted octanol–water partition coefficient (Wildman–Crippen LogP) is 2.72. The van der Waals surface area contributed by atoms with Crippen LogP contribution < -0.4 is 0 Å². The Balaban J connectivity index is 2.64. The molecule has 4 nitrogen and oxygen atoms in total. The fourth-order valence-corrected chi connectivity index (χ4v) is 2.32. The van der Waals surface area contributed by atoms with Gasteiger partial charge >= 0.3 is 0 Å². The summed E-state index contributed by atoms with van der Waals surface area (Å²) in [7, 11) is 0. The lowest BCUT2D eigenvalue weighted by atomic mass is 10.3. The Labute approximate surface area is 106 Å². The van der Waals surface area contributed by atoms with Crippen LogP contribution >= 0.6 is 34.8 Å². The van der Waals surface area contributed by atoms with Gasteiger partial charge in [0, 0.05) is 5.02 Å². The van der Waals surface area contributed by atoms with Crippen molar-refractivity contribution in [2.75, 3.05) is 0 Å². The van der Waals surface area contributed by atoms with Crippen molar-refractivity contribution < 1.29 is 5.11 Å². The zero-order valence-corrected chi connectivity index (χ0v) is 10.1. The van der Waals surface area contributed by atoms with Gasteiger partial charge in [0.1, 0.15) is 12.9 Å². The van der Waals surface area contributed by atoms with Crippen molar-refractivity contribution in [2.24, 2.45) is 0 Å². The quantitative estimate of drug-likeness (QED) is 0.919. The van der Waals surface area contributed by atoms with Gasteiger partial charge in [-0.3, -0.25) is 4.57 Å². The van der Waals surface area contributed by atoms with Crippen LogP contribution in [0.15, 0.2) is 18.5 Å². The minimum Gasteiger partial charge on any atom is -0.388 e. The fourth-order valence-electron chi connectivity index (χ4n) is 1.32. The normalized spacial score (nSPS) is 10.8. The SMILES string of the molecule is OCc1nncn1-c1c(Cl)cc(Cl)cc1Cl. The van der Waals surface area contributed by atoms with E-state index in [0.717, 1.165) is 0 Å². The highest BCUT2D eigenvalue weighted by atomic mass is 35.5. The average Bonchev–Trinajstić information content (AvgIpc) is 2.64. The van der Waals surface area contributed by atoms with Crippen molar-refractivity contribution in [2.45, 2.75) is 6.61 Å². The number of halogens is 3. The van der Waals surface area contributed by atoms with Crippen LogP contribution in [0.3, 0.4) is 0 Å². The first-order valence-corrected chi connectivity index (χ1v) is 5.41. The number of rotatable bonds is 2. The van der Waals surface area contributed by atoms with Crippen LogP contribution in [0, 0.1) is 0 Å². The standard InChI is InChI=1S/C9H6Cl3N3O/c10-5-1-6(11)9(7(12)2-5)15-4-13-14-8(15)3-16/h1-2,4,16H,3H2. The Morgan fingerprint density at radius 1 is 1.19 bits per heavy atom. The molecule has 16 heavy (non-hydrogen) atoms. The third kappa shape index (κ3) is 2.01. The van der Waals surface area contributed by atoms with E-state index in [9.17, 15) is 0 Å².